The van der Waals surface area contributed by atoms with Crippen LogP contribution in [-0.4, -0.2) is 24.2 Å². The fraction of sp³-hybridized carbons (Fsp3) is 0.0455. The molecule has 1 saturated heterocycles. The number of carbonyl (C=O) groups excluding carboxylic acids is 3. The molecule has 2 heterocycles. The highest BCUT2D eigenvalue weighted by Gasteiger charge is 2.36. The molecule has 2 aromatic carbocycles. The third kappa shape index (κ3) is 4.25. The van der Waals surface area contributed by atoms with Gasteiger partial charge in [0.05, 0.1) is 28.3 Å². The van der Waals surface area contributed by atoms with Gasteiger partial charge >= 0.3 is 5.97 Å². The molecule has 1 aliphatic rings. The molecule has 3 aromatic rings. The van der Waals surface area contributed by atoms with E-state index in [1.54, 1.807) is 54.6 Å². The Morgan fingerprint density at radius 1 is 1.10 bits per heavy atom. The lowest BCUT2D eigenvalue weighted by molar-refractivity contribution is -0.113. The molecular formula is C22H13Cl2NO5S. The van der Waals surface area contributed by atoms with E-state index in [2.05, 4.69) is 0 Å². The number of imide groups is 1. The predicted molar refractivity (Wildman–Crippen MR) is 120 cm³/mol. The van der Waals surface area contributed by atoms with Crippen LogP contribution in [0.2, 0.25) is 10.0 Å². The van der Waals surface area contributed by atoms with E-state index < -0.39 is 17.1 Å². The van der Waals surface area contributed by atoms with Crippen LogP contribution in [0.1, 0.15) is 16.1 Å². The molecule has 0 spiro atoms. The van der Waals surface area contributed by atoms with Crippen LogP contribution >= 0.6 is 35.0 Å². The maximum atomic E-state index is 12.8. The summed E-state index contributed by atoms with van der Waals surface area (Å²) in [6.07, 6.45) is 1.50. The first-order chi connectivity index (χ1) is 14.9. The zero-order valence-electron chi connectivity index (χ0n) is 15.9. The Balaban J connectivity index is 1.61. The zero-order valence-corrected chi connectivity index (χ0v) is 18.3. The van der Waals surface area contributed by atoms with Crippen molar-refractivity contribution < 1.29 is 23.5 Å². The van der Waals surface area contributed by atoms with Crippen LogP contribution in [0.25, 0.3) is 17.4 Å². The second kappa shape index (κ2) is 8.63. The molecule has 0 N–H and O–H groups in total. The lowest BCUT2D eigenvalue weighted by Crippen LogP contribution is -2.27. The van der Waals surface area contributed by atoms with Gasteiger partial charge in [-0.25, -0.2) is 9.69 Å². The van der Waals surface area contributed by atoms with Crippen molar-refractivity contribution >= 4 is 63.8 Å². The first kappa shape index (κ1) is 21.2. The molecule has 0 bridgehead atoms. The summed E-state index contributed by atoms with van der Waals surface area (Å²) in [6, 6.07) is 14.7. The van der Waals surface area contributed by atoms with Crippen LogP contribution in [0.3, 0.4) is 0 Å². The fourth-order valence-electron chi connectivity index (χ4n) is 2.97. The third-order valence-corrected chi connectivity index (χ3v) is 5.85. The minimum atomic E-state index is -0.562. The Kier molecular flexibility index (Phi) is 5.91. The lowest BCUT2D eigenvalue weighted by Gasteiger charge is -2.12. The highest BCUT2D eigenvalue weighted by molar-refractivity contribution is 8.19. The van der Waals surface area contributed by atoms with Gasteiger partial charge < -0.3 is 9.15 Å². The number of benzene rings is 2. The van der Waals surface area contributed by atoms with Gasteiger partial charge in [0.2, 0.25) is 0 Å². The number of hydrogen-bond acceptors (Lipinski definition) is 6. The number of rotatable bonds is 4. The van der Waals surface area contributed by atoms with Crippen LogP contribution in [0.4, 0.5) is 10.5 Å². The van der Waals surface area contributed by atoms with Gasteiger partial charge in [0, 0.05) is 16.7 Å². The van der Waals surface area contributed by atoms with Crippen LogP contribution < -0.4 is 4.90 Å². The summed E-state index contributed by atoms with van der Waals surface area (Å²) in [5.41, 5.74) is 1.22. The quantitative estimate of drug-likeness (QED) is 0.327. The Bertz CT molecular complexity index is 1250. The highest BCUT2D eigenvalue weighted by Crippen LogP contribution is 2.37. The molecule has 156 valence electrons. The van der Waals surface area contributed by atoms with E-state index in [0.29, 0.717) is 27.8 Å². The van der Waals surface area contributed by atoms with Crippen LogP contribution in [-0.2, 0) is 9.53 Å². The number of furan rings is 1. The molecule has 9 heteroatoms. The van der Waals surface area contributed by atoms with Gasteiger partial charge in [0.25, 0.3) is 11.1 Å². The SMILES string of the molecule is COC(=O)c1cc(-c2ccc(/C=C3\SC(=O)N(c4cccc(Cl)c4)C3=O)o2)ccc1Cl. The normalized spacial score (nSPS) is 15.1. The van der Waals surface area contributed by atoms with E-state index in [4.69, 9.17) is 32.4 Å². The number of ether oxygens (including phenoxy) is 1. The monoisotopic (exact) mass is 473 g/mol. The fourth-order valence-corrected chi connectivity index (χ4v) is 4.17. The number of thioether (sulfide) groups is 1. The summed E-state index contributed by atoms with van der Waals surface area (Å²) in [5, 5.41) is 0.258. The number of halogens is 2. The molecule has 1 aliphatic heterocycles. The van der Waals surface area contributed by atoms with Crippen LogP contribution in [0.15, 0.2) is 63.9 Å². The first-order valence-electron chi connectivity index (χ1n) is 8.89. The first-order valence-corrected chi connectivity index (χ1v) is 10.5. The Hall–Kier alpha value is -3.00. The van der Waals surface area contributed by atoms with Crippen LogP contribution in [0.5, 0.6) is 0 Å². The summed E-state index contributed by atoms with van der Waals surface area (Å²) in [6.45, 7) is 0. The Labute approximate surface area is 191 Å². The number of anilines is 1. The molecule has 0 atom stereocenters. The maximum Gasteiger partial charge on any atom is 0.339 e. The van der Waals surface area contributed by atoms with E-state index in [1.165, 1.54) is 13.2 Å². The summed E-state index contributed by atoms with van der Waals surface area (Å²) in [4.78, 5) is 38.3. The molecule has 0 radical (unpaired) electrons. The average molecular weight is 474 g/mol. The molecule has 4 rings (SSSR count). The largest absolute Gasteiger partial charge is 0.465 e. The predicted octanol–water partition coefficient (Wildman–Crippen LogP) is 6.28. The van der Waals surface area contributed by atoms with E-state index in [-0.39, 0.29) is 15.5 Å². The Morgan fingerprint density at radius 3 is 2.65 bits per heavy atom. The summed E-state index contributed by atoms with van der Waals surface area (Å²) < 4.78 is 10.5. The third-order valence-electron chi connectivity index (χ3n) is 4.42. The van der Waals surface area contributed by atoms with E-state index in [1.807, 2.05) is 0 Å². The summed E-state index contributed by atoms with van der Waals surface area (Å²) in [5.74, 6) is -0.189. The molecule has 1 fully saturated rings. The van der Waals surface area contributed by atoms with Crippen molar-refractivity contribution in [1.29, 1.82) is 0 Å². The molecule has 6 nitrogen and oxygen atoms in total. The van der Waals surface area contributed by atoms with Gasteiger partial charge in [0.15, 0.2) is 0 Å². The van der Waals surface area contributed by atoms with Gasteiger partial charge in [-0.15, -0.1) is 0 Å². The number of carbonyl (C=O) groups is 3. The van der Waals surface area contributed by atoms with Crippen molar-refractivity contribution in [3.05, 3.63) is 80.9 Å². The van der Waals surface area contributed by atoms with Crippen LogP contribution in [0, 0.1) is 0 Å². The lowest BCUT2D eigenvalue weighted by atomic mass is 10.1. The minimum absolute atomic E-state index is 0.210. The zero-order chi connectivity index (χ0) is 22.1. The molecular weight excluding hydrogens is 461 g/mol. The van der Waals surface area contributed by atoms with Gasteiger partial charge in [0.1, 0.15) is 11.5 Å². The number of esters is 1. The average Bonchev–Trinajstić information content (AvgIpc) is 3.32. The number of amides is 2. The number of hydrogen-bond donors (Lipinski definition) is 0. The molecule has 2 amide bonds. The topological polar surface area (TPSA) is 76.8 Å². The molecule has 0 saturated carbocycles. The van der Waals surface area contributed by atoms with Crippen molar-refractivity contribution in [2.75, 3.05) is 12.0 Å². The minimum Gasteiger partial charge on any atom is -0.465 e. The van der Waals surface area contributed by atoms with Gasteiger partial charge in [-0.05, 0) is 60.3 Å². The van der Waals surface area contributed by atoms with E-state index in [9.17, 15) is 14.4 Å². The summed E-state index contributed by atoms with van der Waals surface area (Å²) in [7, 11) is 1.27. The smallest absolute Gasteiger partial charge is 0.339 e. The van der Waals surface area contributed by atoms with E-state index in [0.717, 1.165) is 16.7 Å². The standard InChI is InChI=1S/C22H13Cl2NO5S/c1-29-21(27)16-9-12(5-7-17(16)24)18-8-6-15(30-18)11-19-20(26)25(22(28)31-19)14-4-2-3-13(23)10-14/h2-11H,1H3/b19-11-. The van der Waals surface area contributed by atoms with Crippen molar-refractivity contribution in [2.45, 2.75) is 0 Å². The number of nitrogens with zero attached hydrogens (tertiary/aromatic N) is 1. The Morgan fingerprint density at radius 2 is 1.90 bits per heavy atom. The maximum absolute atomic E-state index is 12.8. The van der Waals surface area contributed by atoms with Gasteiger partial charge in [-0.1, -0.05) is 29.3 Å². The second-order valence-electron chi connectivity index (χ2n) is 6.39. The number of methoxy groups -OCH3 is 1. The van der Waals surface area contributed by atoms with Crippen molar-refractivity contribution in [2.24, 2.45) is 0 Å². The molecule has 0 unspecified atom stereocenters. The molecule has 31 heavy (non-hydrogen) atoms. The van der Waals surface area contributed by atoms with Gasteiger partial charge in [-0.3, -0.25) is 9.59 Å². The van der Waals surface area contributed by atoms with Crippen molar-refractivity contribution in [3.63, 3.8) is 0 Å². The van der Waals surface area contributed by atoms with E-state index >= 15 is 0 Å². The van der Waals surface area contributed by atoms with Crippen molar-refractivity contribution in [3.8, 4) is 11.3 Å². The highest BCUT2D eigenvalue weighted by atomic mass is 35.5. The van der Waals surface area contributed by atoms with Gasteiger partial charge in [-0.2, -0.15) is 0 Å². The molecule has 1 aromatic heterocycles. The summed E-state index contributed by atoms with van der Waals surface area (Å²) >= 11 is 12.8. The van der Waals surface area contributed by atoms with Crippen molar-refractivity contribution in [1.82, 2.24) is 0 Å². The second-order valence-corrected chi connectivity index (χ2v) is 8.22. The molecule has 0 aliphatic carbocycles.